The van der Waals surface area contributed by atoms with Crippen molar-refractivity contribution in [1.82, 2.24) is 0 Å². The van der Waals surface area contributed by atoms with E-state index in [1.54, 1.807) is 6.92 Å². The molecule has 102 valence electrons. The van der Waals surface area contributed by atoms with Crippen LogP contribution in [0.3, 0.4) is 0 Å². The van der Waals surface area contributed by atoms with Crippen molar-refractivity contribution in [1.29, 1.82) is 0 Å². The molecule has 1 fully saturated rings. The lowest BCUT2D eigenvalue weighted by molar-refractivity contribution is -0.305. The first-order chi connectivity index (χ1) is 7.39. The Hall–Kier alpha value is -0.350. The standard InChI is InChI=1S/C12H19F5/c1-5-8-6-9(2,3)12(16,17)11(15,7-8)10(4,13)14/h8H,5-7H2,1-4H3. The largest absolute Gasteiger partial charge is 0.292 e. The van der Waals surface area contributed by atoms with Gasteiger partial charge in [0.15, 0.2) is 0 Å². The fourth-order valence-corrected chi connectivity index (χ4v) is 2.73. The predicted octanol–water partition coefficient (Wildman–Crippen LogP) is 4.83. The summed E-state index contributed by atoms with van der Waals surface area (Å²) < 4.78 is 68.8. The van der Waals surface area contributed by atoms with Gasteiger partial charge in [-0.25, -0.2) is 22.0 Å². The molecule has 2 atom stereocenters. The van der Waals surface area contributed by atoms with Gasteiger partial charge in [-0.3, -0.25) is 0 Å². The van der Waals surface area contributed by atoms with Gasteiger partial charge in [0.1, 0.15) is 0 Å². The topological polar surface area (TPSA) is 0 Å². The van der Waals surface area contributed by atoms with E-state index in [2.05, 4.69) is 0 Å². The van der Waals surface area contributed by atoms with Gasteiger partial charge in [-0.2, -0.15) is 0 Å². The van der Waals surface area contributed by atoms with Crippen LogP contribution in [0, 0.1) is 11.3 Å². The fraction of sp³-hybridized carbons (Fsp3) is 1.00. The average Bonchev–Trinajstić information content (AvgIpc) is 2.12. The van der Waals surface area contributed by atoms with Crippen molar-refractivity contribution in [3.63, 3.8) is 0 Å². The Kier molecular flexibility index (Phi) is 3.31. The third-order valence-corrected chi connectivity index (χ3v) is 3.99. The fourth-order valence-electron chi connectivity index (χ4n) is 2.73. The van der Waals surface area contributed by atoms with Crippen molar-refractivity contribution in [2.75, 3.05) is 0 Å². The molecule has 0 aromatic heterocycles. The first-order valence-electron chi connectivity index (χ1n) is 5.83. The van der Waals surface area contributed by atoms with Gasteiger partial charge in [-0.15, -0.1) is 0 Å². The number of rotatable bonds is 2. The molecule has 0 radical (unpaired) electrons. The molecule has 0 nitrogen and oxygen atoms in total. The van der Waals surface area contributed by atoms with Gasteiger partial charge >= 0.3 is 0 Å². The van der Waals surface area contributed by atoms with Crippen molar-refractivity contribution >= 4 is 0 Å². The molecule has 1 aliphatic carbocycles. The first kappa shape index (κ1) is 14.7. The van der Waals surface area contributed by atoms with Crippen LogP contribution < -0.4 is 0 Å². The quantitative estimate of drug-likeness (QED) is 0.622. The van der Waals surface area contributed by atoms with E-state index in [1.807, 2.05) is 0 Å². The Morgan fingerprint density at radius 1 is 1.12 bits per heavy atom. The summed E-state index contributed by atoms with van der Waals surface area (Å²) in [7, 11) is 0. The molecule has 0 N–H and O–H groups in total. The second-order valence-electron chi connectivity index (χ2n) is 5.83. The average molecular weight is 258 g/mol. The second-order valence-corrected chi connectivity index (χ2v) is 5.83. The Morgan fingerprint density at radius 3 is 1.94 bits per heavy atom. The smallest absolute Gasteiger partial charge is 0.230 e. The van der Waals surface area contributed by atoms with Crippen molar-refractivity contribution in [2.45, 2.75) is 64.5 Å². The lowest BCUT2D eigenvalue weighted by atomic mass is 9.61. The molecule has 0 aromatic rings. The number of hydrogen-bond donors (Lipinski definition) is 0. The Labute approximate surface area is 98.6 Å². The van der Waals surface area contributed by atoms with E-state index in [0.29, 0.717) is 6.42 Å². The predicted molar refractivity (Wildman–Crippen MR) is 56.2 cm³/mol. The molecule has 17 heavy (non-hydrogen) atoms. The normalized spacial score (nSPS) is 36.9. The first-order valence-corrected chi connectivity index (χ1v) is 5.83. The molecule has 0 amide bonds. The molecule has 0 aliphatic heterocycles. The summed E-state index contributed by atoms with van der Waals surface area (Å²) >= 11 is 0. The van der Waals surface area contributed by atoms with E-state index in [4.69, 9.17) is 0 Å². The van der Waals surface area contributed by atoms with Gasteiger partial charge in [0.25, 0.3) is 11.8 Å². The molecule has 1 saturated carbocycles. The third-order valence-electron chi connectivity index (χ3n) is 3.99. The molecule has 1 rings (SSSR count). The third kappa shape index (κ3) is 1.95. The van der Waals surface area contributed by atoms with Crippen LogP contribution in [-0.4, -0.2) is 17.5 Å². The van der Waals surface area contributed by atoms with E-state index in [-0.39, 0.29) is 13.3 Å². The van der Waals surface area contributed by atoms with Gasteiger partial charge in [-0.05, 0) is 18.8 Å². The summed E-state index contributed by atoms with van der Waals surface area (Å²) in [5.41, 5.74) is -5.50. The minimum absolute atomic E-state index is 0.0677. The van der Waals surface area contributed by atoms with E-state index in [1.165, 1.54) is 0 Å². The molecule has 0 saturated heterocycles. The summed E-state index contributed by atoms with van der Waals surface area (Å²) in [6, 6.07) is 0. The van der Waals surface area contributed by atoms with E-state index >= 15 is 0 Å². The monoisotopic (exact) mass is 258 g/mol. The van der Waals surface area contributed by atoms with E-state index in [0.717, 1.165) is 13.8 Å². The van der Waals surface area contributed by atoms with Crippen molar-refractivity contribution in [3.8, 4) is 0 Å². The molecular weight excluding hydrogens is 239 g/mol. The Balaban J connectivity index is 3.26. The molecule has 0 aromatic carbocycles. The maximum Gasteiger partial charge on any atom is 0.292 e. The lowest BCUT2D eigenvalue weighted by Gasteiger charge is -2.51. The van der Waals surface area contributed by atoms with Gasteiger partial charge in [-0.1, -0.05) is 27.2 Å². The van der Waals surface area contributed by atoms with E-state index in [9.17, 15) is 22.0 Å². The highest BCUT2D eigenvalue weighted by molar-refractivity contribution is 5.12. The van der Waals surface area contributed by atoms with Crippen LogP contribution >= 0.6 is 0 Å². The maximum absolute atomic E-state index is 14.3. The van der Waals surface area contributed by atoms with Crippen LogP contribution in [0.2, 0.25) is 0 Å². The molecule has 5 heteroatoms. The summed E-state index contributed by atoms with van der Waals surface area (Å²) in [5.74, 6) is -8.49. The van der Waals surface area contributed by atoms with Crippen LogP contribution in [0.1, 0.15) is 47.0 Å². The summed E-state index contributed by atoms with van der Waals surface area (Å²) in [6.07, 6.45) is -0.275. The molecule has 2 unspecified atom stereocenters. The molecule has 1 aliphatic rings. The highest BCUT2D eigenvalue weighted by atomic mass is 19.3. The minimum atomic E-state index is -4.04. The van der Waals surface area contributed by atoms with Crippen LogP contribution in [0.15, 0.2) is 0 Å². The lowest BCUT2D eigenvalue weighted by Crippen LogP contribution is -2.65. The highest BCUT2D eigenvalue weighted by Gasteiger charge is 2.74. The molecule has 0 spiro atoms. The maximum atomic E-state index is 14.3. The number of alkyl halides is 5. The number of hydrogen-bond acceptors (Lipinski definition) is 0. The highest BCUT2D eigenvalue weighted by Crippen LogP contribution is 2.61. The summed E-state index contributed by atoms with van der Waals surface area (Å²) in [5, 5.41) is 0. The van der Waals surface area contributed by atoms with Gasteiger partial charge in [0.2, 0.25) is 5.67 Å². The van der Waals surface area contributed by atoms with Crippen molar-refractivity contribution < 1.29 is 22.0 Å². The minimum Gasteiger partial charge on any atom is -0.230 e. The van der Waals surface area contributed by atoms with Gasteiger partial charge < -0.3 is 0 Å². The zero-order valence-electron chi connectivity index (χ0n) is 10.6. The summed E-state index contributed by atoms with van der Waals surface area (Å²) in [4.78, 5) is 0. The van der Waals surface area contributed by atoms with Crippen LogP contribution in [0.4, 0.5) is 22.0 Å². The number of halogens is 5. The van der Waals surface area contributed by atoms with Crippen molar-refractivity contribution in [3.05, 3.63) is 0 Å². The zero-order chi connectivity index (χ0) is 13.7. The SMILES string of the molecule is CCC1CC(C)(C)C(F)(F)C(F)(C(C)(F)F)C1. The van der Waals surface area contributed by atoms with Crippen LogP contribution in [0.25, 0.3) is 0 Å². The Bertz CT molecular complexity index is 292. The zero-order valence-corrected chi connectivity index (χ0v) is 10.6. The van der Waals surface area contributed by atoms with Crippen LogP contribution in [0.5, 0.6) is 0 Å². The van der Waals surface area contributed by atoms with Gasteiger partial charge in [0.05, 0.1) is 0 Å². The van der Waals surface area contributed by atoms with Gasteiger partial charge in [0, 0.05) is 12.3 Å². The Morgan fingerprint density at radius 2 is 1.59 bits per heavy atom. The van der Waals surface area contributed by atoms with E-state index < -0.39 is 35.3 Å². The summed E-state index contributed by atoms with van der Waals surface area (Å²) in [6.45, 7) is 4.28. The molecule has 0 bridgehead atoms. The molecular formula is C12H19F5. The van der Waals surface area contributed by atoms with Crippen LogP contribution in [-0.2, 0) is 0 Å². The second kappa shape index (κ2) is 3.82. The molecule has 0 heterocycles. The van der Waals surface area contributed by atoms with Crippen molar-refractivity contribution in [2.24, 2.45) is 11.3 Å².